The molecular formula is C15H24FN3O4S2. The highest BCUT2D eigenvalue weighted by molar-refractivity contribution is 7.93. The third-order valence-electron chi connectivity index (χ3n) is 4.26. The Morgan fingerprint density at radius 1 is 1.24 bits per heavy atom. The number of halogens is 1. The molecule has 0 aliphatic carbocycles. The summed E-state index contributed by atoms with van der Waals surface area (Å²) in [5, 5.41) is 2.38. The number of sulfonamides is 2. The van der Waals surface area contributed by atoms with Gasteiger partial charge in [-0.25, -0.2) is 25.9 Å². The van der Waals surface area contributed by atoms with E-state index < -0.39 is 31.1 Å². The Labute approximate surface area is 148 Å². The Morgan fingerprint density at radius 3 is 2.48 bits per heavy atom. The number of rotatable bonds is 6. The van der Waals surface area contributed by atoms with Gasteiger partial charge in [0.25, 0.3) is 0 Å². The largest absolute Gasteiger partial charge is 0.315 e. The third kappa shape index (κ3) is 4.90. The molecule has 142 valence electrons. The molecule has 0 spiro atoms. The van der Waals surface area contributed by atoms with Crippen molar-refractivity contribution < 1.29 is 21.2 Å². The zero-order valence-electron chi connectivity index (χ0n) is 14.4. The molecule has 2 atom stereocenters. The third-order valence-corrected chi connectivity index (χ3v) is 7.49. The zero-order valence-corrected chi connectivity index (χ0v) is 16.0. The van der Waals surface area contributed by atoms with E-state index in [0.29, 0.717) is 6.54 Å². The second-order valence-corrected chi connectivity index (χ2v) is 10.5. The number of piperidine rings is 1. The summed E-state index contributed by atoms with van der Waals surface area (Å²) >= 11 is 0. The van der Waals surface area contributed by atoms with Crippen molar-refractivity contribution >= 4 is 25.7 Å². The van der Waals surface area contributed by atoms with Gasteiger partial charge in [-0.1, -0.05) is 6.92 Å². The van der Waals surface area contributed by atoms with Crippen molar-refractivity contribution in [2.45, 2.75) is 43.4 Å². The fourth-order valence-corrected chi connectivity index (χ4v) is 4.50. The van der Waals surface area contributed by atoms with Gasteiger partial charge in [-0.05, 0) is 50.9 Å². The van der Waals surface area contributed by atoms with Gasteiger partial charge in [0.05, 0.1) is 15.8 Å². The lowest BCUT2D eigenvalue weighted by Crippen LogP contribution is -2.50. The Hall–Kier alpha value is -1.23. The van der Waals surface area contributed by atoms with Crippen LogP contribution in [0.5, 0.6) is 0 Å². The maximum atomic E-state index is 14.2. The van der Waals surface area contributed by atoms with Crippen LogP contribution < -0.4 is 14.8 Å². The predicted molar refractivity (Wildman–Crippen MR) is 94.8 cm³/mol. The van der Waals surface area contributed by atoms with Crippen molar-refractivity contribution in [1.82, 2.24) is 10.0 Å². The lowest BCUT2D eigenvalue weighted by atomic mass is 9.96. The van der Waals surface area contributed by atoms with Crippen molar-refractivity contribution in [3.63, 3.8) is 0 Å². The monoisotopic (exact) mass is 393 g/mol. The maximum absolute atomic E-state index is 14.2. The van der Waals surface area contributed by atoms with Crippen LogP contribution in [0.15, 0.2) is 23.1 Å². The second-order valence-electron chi connectivity index (χ2n) is 6.54. The van der Waals surface area contributed by atoms with Crippen LogP contribution in [-0.2, 0) is 20.0 Å². The molecule has 0 amide bonds. The first-order valence-corrected chi connectivity index (χ1v) is 11.1. The topological polar surface area (TPSA) is 104 Å². The number of benzene rings is 1. The molecule has 3 N–H and O–H groups in total. The molecule has 1 aliphatic rings. The van der Waals surface area contributed by atoms with E-state index >= 15 is 0 Å². The van der Waals surface area contributed by atoms with Crippen LogP contribution in [0, 0.1) is 11.7 Å². The van der Waals surface area contributed by atoms with E-state index in [2.05, 4.69) is 14.8 Å². The summed E-state index contributed by atoms with van der Waals surface area (Å²) in [4.78, 5) is -0.240. The molecule has 1 aromatic carbocycles. The van der Waals surface area contributed by atoms with E-state index in [9.17, 15) is 21.2 Å². The van der Waals surface area contributed by atoms with Gasteiger partial charge in [0.15, 0.2) is 0 Å². The van der Waals surface area contributed by atoms with E-state index in [4.69, 9.17) is 0 Å². The quantitative estimate of drug-likeness (QED) is 0.675. The summed E-state index contributed by atoms with van der Waals surface area (Å²) in [7, 11) is -7.61. The summed E-state index contributed by atoms with van der Waals surface area (Å²) in [6.45, 7) is 6.22. The summed E-state index contributed by atoms with van der Waals surface area (Å²) in [5.41, 5.74) is -0.277. The maximum Gasteiger partial charge on any atom is 0.240 e. The molecule has 1 aromatic rings. The second kappa shape index (κ2) is 7.56. The number of nitrogens with one attached hydrogen (secondary N) is 3. The van der Waals surface area contributed by atoms with Gasteiger partial charge in [0.2, 0.25) is 20.0 Å². The number of hydrogen-bond acceptors (Lipinski definition) is 5. The van der Waals surface area contributed by atoms with Crippen LogP contribution in [0.25, 0.3) is 0 Å². The normalized spacial score (nSPS) is 22.1. The molecule has 1 heterocycles. The highest BCUT2D eigenvalue weighted by Crippen LogP contribution is 2.22. The average molecular weight is 394 g/mol. The van der Waals surface area contributed by atoms with E-state index in [1.165, 1.54) is 19.9 Å². The van der Waals surface area contributed by atoms with Gasteiger partial charge in [-0.2, -0.15) is 0 Å². The minimum absolute atomic E-state index is 0.165. The van der Waals surface area contributed by atoms with Crippen LogP contribution in [0.3, 0.4) is 0 Å². The summed E-state index contributed by atoms with van der Waals surface area (Å²) in [5.74, 6) is -0.778. The molecular weight excluding hydrogens is 369 g/mol. The van der Waals surface area contributed by atoms with Crippen molar-refractivity contribution in [3.05, 3.63) is 24.0 Å². The molecule has 1 fully saturated rings. The number of anilines is 1. The van der Waals surface area contributed by atoms with Crippen molar-refractivity contribution in [1.29, 1.82) is 0 Å². The highest BCUT2D eigenvalue weighted by Gasteiger charge is 2.27. The smallest absolute Gasteiger partial charge is 0.240 e. The van der Waals surface area contributed by atoms with E-state index in [1.807, 2.05) is 6.92 Å². The first-order chi connectivity index (χ1) is 11.5. The summed E-state index contributed by atoms with van der Waals surface area (Å²) in [6.07, 6.45) is 0.845. The van der Waals surface area contributed by atoms with E-state index in [0.717, 1.165) is 25.1 Å². The van der Waals surface area contributed by atoms with Crippen LogP contribution in [-0.4, -0.2) is 41.2 Å². The van der Waals surface area contributed by atoms with Gasteiger partial charge < -0.3 is 5.32 Å². The van der Waals surface area contributed by atoms with E-state index in [-0.39, 0.29) is 22.5 Å². The minimum Gasteiger partial charge on any atom is -0.315 e. The molecule has 10 heteroatoms. The molecule has 0 radical (unpaired) electrons. The van der Waals surface area contributed by atoms with Gasteiger partial charge in [0, 0.05) is 12.6 Å². The van der Waals surface area contributed by atoms with Crippen LogP contribution in [0.2, 0.25) is 0 Å². The molecule has 25 heavy (non-hydrogen) atoms. The fraction of sp³-hybridized carbons (Fsp3) is 0.600. The van der Waals surface area contributed by atoms with Crippen LogP contribution >= 0.6 is 0 Å². The zero-order chi connectivity index (χ0) is 18.8. The number of hydrogen-bond donors (Lipinski definition) is 3. The van der Waals surface area contributed by atoms with Crippen molar-refractivity contribution in [2.75, 3.05) is 17.8 Å². The standard InChI is InChI=1S/C15H24FN3O4S2/c1-10(2)24(20,21)18-14-5-4-12(8-13(14)16)25(22,23)19-15-9-17-7-6-11(15)3/h4-5,8,10-11,15,17-19H,6-7,9H2,1-3H3. The first kappa shape index (κ1) is 20.1. The molecule has 1 aliphatic heterocycles. The molecule has 0 saturated carbocycles. The van der Waals surface area contributed by atoms with Crippen molar-refractivity contribution in [2.24, 2.45) is 5.92 Å². The Kier molecular flexibility index (Phi) is 6.08. The first-order valence-electron chi connectivity index (χ1n) is 8.07. The molecule has 2 rings (SSSR count). The minimum atomic E-state index is -3.90. The Morgan fingerprint density at radius 2 is 1.92 bits per heavy atom. The molecule has 0 bridgehead atoms. The molecule has 2 unspecified atom stereocenters. The summed E-state index contributed by atoms with van der Waals surface area (Å²) < 4.78 is 67.5. The van der Waals surface area contributed by atoms with E-state index in [1.54, 1.807) is 0 Å². The van der Waals surface area contributed by atoms with Crippen molar-refractivity contribution in [3.8, 4) is 0 Å². The molecule has 0 aromatic heterocycles. The van der Waals surface area contributed by atoms with Gasteiger partial charge in [-0.15, -0.1) is 0 Å². The highest BCUT2D eigenvalue weighted by atomic mass is 32.2. The summed E-state index contributed by atoms with van der Waals surface area (Å²) in [6, 6.07) is 2.85. The Balaban J connectivity index is 2.21. The predicted octanol–water partition coefficient (Wildman–Crippen LogP) is 1.25. The van der Waals surface area contributed by atoms with Gasteiger partial charge >= 0.3 is 0 Å². The lowest BCUT2D eigenvalue weighted by Gasteiger charge is -2.30. The molecule has 1 saturated heterocycles. The van der Waals surface area contributed by atoms with Gasteiger partial charge in [0.1, 0.15) is 5.82 Å². The van der Waals surface area contributed by atoms with Crippen LogP contribution in [0.4, 0.5) is 10.1 Å². The van der Waals surface area contributed by atoms with Gasteiger partial charge in [-0.3, -0.25) is 4.72 Å². The lowest BCUT2D eigenvalue weighted by molar-refractivity contribution is 0.327. The Bertz CT molecular complexity index is 825. The SMILES string of the molecule is CC1CCNCC1NS(=O)(=O)c1ccc(NS(=O)(=O)C(C)C)c(F)c1. The van der Waals surface area contributed by atoms with Crippen LogP contribution in [0.1, 0.15) is 27.2 Å². The average Bonchev–Trinajstić information content (AvgIpc) is 2.51. The fourth-order valence-electron chi connectivity index (χ4n) is 2.43. The molecule has 7 nitrogen and oxygen atoms in total.